The number of rotatable bonds is 3. The summed E-state index contributed by atoms with van der Waals surface area (Å²) in [6.45, 7) is 0. The molecule has 1 aromatic rings. The lowest BCUT2D eigenvalue weighted by Gasteiger charge is -2.11. The van der Waals surface area contributed by atoms with Gasteiger partial charge in [0, 0.05) is 0 Å². The van der Waals surface area contributed by atoms with Gasteiger partial charge in [-0.1, -0.05) is 35.6 Å². The maximum atomic E-state index is 11.6. The van der Waals surface area contributed by atoms with Gasteiger partial charge in [-0.15, -0.1) is 0 Å². The van der Waals surface area contributed by atoms with E-state index in [0.717, 1.165) is 0 Å². The van der Waals surface area contributed by atoms with Crippen LogP contribution in [0.2, 0.25) is 5.02 Å². The SMILES string of the molecule is COc1ccc(/C=C2/SC(=S)NC2=O)c(Cl)c1OC. The molecule has 1 aliphatic heterocycles. The molecule has 19 heavy (non-hydrogen) atoms. The second-order valence-corrected chi connectivity index (χ2v) is 5.65. The summed E-state index contributed by atoms with van der Waals surface area (Å²) in [6, 6.07) is 3.48. The highest BCUT2D eigenvalue weighted by molar-refractivity contribution is 8.26. The van der Waals surface area contributed by atoms with E-state index in [1.165, 1.54) is 26.0 Å². The summed E-state index contributed by atoms with van der Waals surface area (Å²) in [5, 5.41) is 2.94. The van der Waals surface area contributed by atoms with Crippen molar-refractivity contribution < 1.29 is 14.3 Å². The number of nitrogens with one attached hydrogen (secondary N) is 1. The summed E-state index contributed by atoms with van der Waals surface area (Å²) in [7, 11) is 3.04. The van der Waals surface area contributed by atoms with E-state index in [9.17, 15) is 4.79 Å². The molecule has 0 saturated carbocycles. The molecule has 1 fully saturated rings. The Morgan fingerprint density at radius 3 is 2.63 bits per heavy atom. The predicted octanol–water partition coefficient (Wildman–Crippen LogP) is 2.85. The topological polar surface area (TPSA) is 47.6 Å². The van der Waals surface area contributed by atoms with Crippen LogP contribution in [0.4, 0.5) is 0 Å². The minimum atomic E-state index is -0.221. The van der Waals surface area contributed by atoms with Gasteiger partial charge in [-0.3, -0.25) is 4.79 Å². The molecule has 1 aromatic carbocycles. The summed E-state index contributed by atoms with van der Waals surface area (Å²) in [5.41, 5.74) is 0.668. The Kier molecular flexibility index (Phi) is 4.34. The van der Waals surface area contributed by atoms with Crippen molar-refractivity contribution in [2.75, 3.05) is 14.2 Å². The predicted molar refractivity (Wildman–Crippen MR) is 80.9 cm³/mol. The van der Waals surface area contributed by atoms with Gasteiger partial charge in [0.25, 0.3) is 5.91 Å². The molecule has 0 spiro atoms. The number of ether oxygens (including phenoxy) is 2. The zero-order valence-electron chi connectivity index (χ0n) is 10.2. The Balaban J connectivity index is 2.44. The second kappa shape index (κ2) is 5.81. The summed E-state index contributed by atoms with van der Waals surface area (Å²) < 4.78 is 10.8. The van der Waals surface area contributed by atoms with Gasteiger partial charge in [0.1, 0.15) is 4.32 Å². The number of carbonyl (C=O) groups is 1. The van der Waals surface area contributed by atoms with Gasteiger partial charge < -0.3 is 14.8 Å². The zero-order chi connectivity index (χ0) is 14.0. The lowest BCUT2D eigenvalue weighted by Crippen LogP contribution is -2.17. The van der Waals surface area contributed by atoms with Crippen LogP contribution in [0.15, 0.2) is 17.0 Å². The highest BCUT2D eigenvalue weighted by Gasteiger charge is 2.23. The summed E-state index contributed by atoms with van der Waals surface area (Å²) >= 11 is 12.4. The van der Waals surface area contributed by atoms with Gasteiger partial charge in [0.15, 0.2) is 11.5 Å². The number of methoxy groups -OCH3 is 2. The van der Waals surface area contributed by atoms with Gasteiger partial charge >= 0.3 is 0 Å². The number of benzene rings is 1. The van der Waals surface area contributed by atoms with Crippen LogP contribution in [0.1, 0.15) is 5.56 Å². The summed E-state index contributed by atoms with van der Waals surface area (Å²) in [6.07, 6.45) is 1.67. The second-order valence-electron chi connectivity index (χ2n) is 3.56. The zero-order valence-corrected chi connectivity index (χ0v) is 12.5. The lowest BCUT2D eigenvalue weighted by molar-refractivity contribution is -0.115. The van der Waals surface area contributed by atoms with Gasteiger partial charge in [0.2, 0.25) is 0 Å². The first-order valence-electron chi connectivity index (χ1n) is 5.22. The molecule has 1 aliphatic rings. The quantitative estimate of drug-likeness (QED) is 0.686. The molecule has 0 unspecified atom stereocenters. The Labute approximate surface area is 125 Å². The molecule has 0 radical (unpaired) electrons. The number of amides is 1. The third kappa shape index (κ3) is 2.86. The highest BCUT2D eigenvalue weighted by atomic mass is 35.5. The Morgan fingerprint density at radius 1 is 1.37 bits per heavy atom. The summed E-state index contributed by atoms with van der Waals surface area (Å²) in [4.78, 5) is 12.1. The molecule has 4 nitrogen and oxygen atoms in total. The van der Waals surface area contributed by atoms with Crippen LogP contribution >= 0.6 is 35.6 Å². The number of hydrogen-bond donors (Lipinski definition) is 1. The van der Waals surface area contributed by atoms with Crippen molar-refractivity contribution in [1.29, 1.82) is 0 Å². The Hall–Kier alpha value is -1.24. The molecule has 1 saturated heterocycles. The fourth-order valence-electron chi connectivity index (χ4n) is 1.58. The molecule has 0 aromatic heterocycles. The number of carbonyl (C=O) groups excluding carboxylic acids is 1. The van der Waals surface area contributed by atoms with E-state index in [1.54, 1.807) is 18.2 Å². The number of thiocarbonyl (C=S) groups is 1. The Bertz CT molecular complexity index is 587. The highest BCUT2D eigenvalue weighted by Crippen LogP contribution is 2.39. The molecular formula is C12H10ClNO3S2. The summed E-state index contributed by atoms with van der Waals surface area (Å²) in [5.74, 6) is 0.749. The first-order valence-corrected chi connectivity index (χ1v) is 6.82. The van der Waals surface area contributed by atoms with Gasteiger partial charge in [-0.05, 0) is 23.8 Å². The molecule has 1 heterocycles. The standard InChI is InChI=1S/C12H10ClNO3S2/c1-16-7-4-3-6(9(13)10(7)17-2)5-8-11(15)14-12(18)19-8/h3-5H,1-2H3,(H,14,15,18)/b8-5+. The fraction of sp³-hybridized carbons (Fsp3) is 0.167. The molecule has 1 N–H and O–H groups in total. The molecule has 0 aliphatic carbocycles. The van der Waals surface area contributed by atoms with Crippen molar-refractivity contribution in [3.05, 3.63) is 27.6 Å². The van der Waals surface area contributed by atoms with E-state index in [0.29, 0.717) is 31.3 Å². The third-order valence-corrected chi connectivity index (χ3v) is 4.00. The van der Waals surface area contributed by atoms with E-state index in [2.05, 4.69) is 5.32 Å². The lowest BCUT2D eigenvalue weighted by atomic mass is 10.2. The number of hydrogen-bond acceptors (Lipinski definition) is 5. The average molecular weight is 316 g/mol. The first kappa shape index (κ1) is 14.2. The van der Waals surface area contributed by atoms with Crippen molar-refractivity contribution in [2.45, 2.75) is 0 Å². The van der Waals surface area contributed by atoms with Crippen molar-refractivity contribution in [1.82, 2.24) is 5.32 Å². The van der Waals surface area contributed by atoms with Crippen LogP contribution in [0.25, 0.3) is 6.08 Å². The number of thioether (sulfide) groups is 1. The van der Waals surface area contributed by atoms with E-state index < -0.39 is 0 Å². The van der Waals surface area contributed by atoms with Crippen molar-refractivity contribution in [3.63, 3.8) is 0 Å². The van der Waals surface area contributed by atoms with E-state index >= 15 is 0 Å². The maximum absolute atomic E-state index is 11.6. The van der Waals surface area contributed by atoms with E-state index in [-0.39, 0.29) is 5.91 Å². The van der Waals surface area contributed by atoms with Crippen LogP contribution in [0.5, 0.6) is 11.5 Å². The smallest absolute Gasteiger partial charge is 0.263 e. The monoisotopic (exact) mass is 315 g/mol. The maximum Gasteiger partial charge on any atom is 0.263 e. The van der Waals surface area contributed by atoms with Crippen LogP contribution in [-0.4, -0.2) is 24.4 Å². The number of halogens is 1. The van der Waals surface area contributed by atoms with Crippen molar-refractivity contribution >= 4 is 51.9 Å². The van der Waals surface area contributed by atoms with Gasteiger partial charge in [0.05, 0.1) is 24.1 Å². The molecule has 100 valence electrons. The first-order chi connectivity index (χ1) is 9.06. The molecule has 2 rings (SSSR count). The third-order valence-electron chi connectivity index (χ3n) is 2.44. The van der Waals surface area contributed by atoms with Crippen molar-refractivity contribution in [2.24, 2.45) is 0 Å². The largest absolute Gasteiger partial charge is 0.493 e. The minimum Gasteiger partial charge on any atom is -0.493 e. The van der Waals surface area contributed by atoms with Crippen molar-refractivity contribution in [3.8, 4) is 11.5 Å². The fourth-order valence-corrected chi connectivity index (χ4v) is 2.90. The van der Waals surface area contributed by atoms with E-state index in [4.69, 9.17) is 33.3 Å². The normalized spacial score (nSPS) is 16.7. The van der Waals surface area contributed by atoms with Gasteiger partial charge in [-0.25, -0.2) is 0 Å². The molecule has 1 amide bonds. The van der Waals surface area contributed by atoms with Crippen LogP contribution < -0.4 is 14.8 Å². The average Bonchev–Trinajstić information content (AvgIpc) is 2.70. The van der Waals surface area contributed by atoms with Crippen LogP contribution in [0.3, 0.4) is 0 Å². The Morgan fingerprint density at radius 2 is 2.11 bits per heavy atom. The van der Waals surface area contributed by atoms with Gasteiger partial charge in [-0.2, -0.15) is 0 Å². The van der Waals surface area contributed by atoms with E-state index in [1.807, 2.05) is 0 Å². The molecule has 0 atom stereocenters. The molecular weight excluding hydrogens is 306 g/mol. The molecule has 7 heteroatoms. The minimum absolute atomic E-state index is 0.221. The van der Waals surface area contributed by atoms with Crippen LogP contribution in [-0.2, 0) is 4.79 Å². The van der Waals surface area contributed by atoms with Crippen LogP contribution in [0, 0.1) is 0 Å². The molecule has 0 bridgehead atoms.